The maximum atomic E-state index is 15.5. The molecule has 192 valence electrons. The van der Waals surface area contributed by atoms with E-state index in [2.05, 4.69) is 20.4 Å². The molecular formula is C24H24FN7O4S. The highest BCUT2D eigenvalue weighted by atomic mass is 32.1. The number of thiazole rings is 1. The number of anilines is 2. The number of fused-ring (bicyclic) bond motifs is 1. The number of carbonyl (C=O) groups excluding carboxylic acids is 1. The molecule has 1 amide bonds. The van der Waals surface area contributed by atoms with Gasteiger partial charge in [-0.3, -0.25) is 18.8 Å². The van der Waals surface area contributed by atoms with Crippen molar-refractivity contribution >= 4 is 45.9 Å². The Morgan fingerprint density at radius 1 is 1.30 bits per heavy atom. The van der Waals surface area contributed by atoms with E-state index in [-0.39, 0.29) is 41.4 Å². The van der Waals surface area contributed by atoms with Crippen LogP contribution in [0.15, 0.2) is 28.6 Å². The van der Waals surface area contributed by atoms with Crippen LogP contribution in [0.4, 0.5) is 16.0 Å². The fraction of sp³-hybridized carbons (Fsp3) is 0.333. The molecule has 0 bridgehead atoms. The Bertz CT molecular complexity index is 1590. The first-order valence-corrected chi connectivity index (χ1v) is 12.6. The highest BCUT2D eigenvalue weighted by Crippen LogP contribution is 2.32. The second kappa shape index (κ2) is 9.39. The number of nitrogens with zero attached hydrogens (tertiary/aromatic N) is 6. The zero-order valence-electron chi connectivity index (χ0n) is 20.4. The predicted molar refractivity (Wildman–Crippen MR) is 136 cm³/mol. The van der Waals surface area contributed by atoms with Crippen LogP contribution in [0, 0.1) is 25.6 Å². The normalized spacial score (nSPS) is 13.7. The van der Waals surface area contributed by atoms with Crippen LogP contribution in [0.5, 0.6) is 0 Å². The van der Waals surface area contributed by atoms with Gasteiger partial charge in [-0.25, -0.2) is 19.2 Å². The minimum atomic E-state index is -1.42. The molecule has 2 N–H and O–H groups in total. The van der Waals surface area contributed by atoms with Crippen molar-refractivity contribution in [1.29, 1.82) is 0 Å². The van der Waals surface area contributed by atoms with Crippen LogP contribution in [0.25, 0.3) is 16.2 Å². The Morgan fingerprint density at radius 2 is 2.05 bits per heavy atom. The van der Waals surface area contributed by atoms with Crippen molar-refractivity contribution in [2.75, 3.05) is 23.3 Å². The molecule has 1 fully saturated rings. The lowest BCUT2D eigenvalue weighted by molar-refractivity contribution is -0.120. The third kappa shape index (κ3) is 4.24. The number of hydrogen-bond donors (Lipinski definition) is 2. The molecule has 0 saturated carbocycles. The van der Waals surface area contributed by atoms with Crippen LogP contribution in [-0.4, -0.2) is 54.4 Å². The molecule has 1 aliphatic heterocycles. The van der Waals surface area contributed by atoms with E-state index in [1.54, 1.807) is 16.3 Å². The lowest BCUT2D eigenvalue weighted by atomic mass is 9.98. The van der Waals surface area contributed by atoms with E-state index in [1.165, 1.54) is 29.0 Å². The number of aryl methyl sites for hydroxylation is 3. The minimum Gasteiger partial charge on any atom is -0.477 e. The SMILES string of the molecule is CCCn1nc(NC(=O)C2CN(c3nc4c(c(C)c3F)c(=O)c(C(=O)O)cn4-c3nccs3)C2)cc1C. The highest BCUT2D eigenvalue weighted by Gasteiger charge is 2.36. The number of aromatic carboxylic acids is 1. The Kier molecular flexibility index (Phi) is 6.23. The number of aromatic nitrogens is 5. The lowest BCUT2D eigenvalue weighted by Gasteiger charge is -2.39. The van der Waals surface area contributed by atoms with Crippen molar-refractivity contribution in [2.24, 2.45) is 5.92 Å². The molecule has 0 unspecified atom stereocenters. The third-order valence-electron chi connectivity index (χ3n) is 6.37. The summed E-state index contributed by atoms with van der Waals surface area (Å²) in [4.78, 5) is 47.6. The van der Waals surface area contributed by atoms with E-state index >= 15 is 4.39 Å². The summed E-state index contributed by atoms with van der Waals surface area (Å²) in [6.07, 6.45) is 3.62. The molecule has 4 aromatic rings. The van der Waals surface area contributed by atoms with Gasteiger partial charge in [-0.15, -0.1) is 11.3 Å². The molecule has 13 heteroatoms. The number of rotatable bonds is 7. The van der Waals surface area contributed by atoms with Crippen LogP contribution in [0.2, 0.25) is 0 Å². The molecule has 5 rings (SSSR count). The number of amides is 1. The monoisotopic (exact) mass is 525 g/mol. The second-order valence-corrected chi connectivity index (χ2v) is 9.79. The summed E-state index contributed by atoms with van der Waals surface area (Å²) in [5.41, 5.74) is -0.281. The number of nitrogens with one attached hydrogen (secondary N) is 1. The third-order valence-corrected chi connectivity index (χ3v) is 7.14. The Balaban J connectivity index is 1.45. The first-order valence-electron chi connectivity index (χ1n) is 11.7. The van der Waals surface area contributed by atoms with Crippen LogP contribution < -0.4 is 15.6 Å². The van der Waals surface area contributed by atoms with Crippen molar-refractivity contribution in [3.63, 3.8) is 0 Å². The number of carboxylic acid groups (broad SMARTS) is 1. The Labute approximate surface area is 214 Å². The number of carbonyl (C=O) groups is 2. The van der Waals surface area contributed by atoms with Gasteiger partial charge in [0.1, 0.15) is 5.56 Å². The van der Waals surface area contributed by atoms with E-state index in [0.29, 0.717) is 10.9 Å². The Hall–Kier alpha value is -4.13. The highest BCUT2D eigenvalue weighted by molar-refractivity contribution is 7.12. The average molecular weight is 526 g/mol. The lowest BCUT2D eigenvalue weighted by Crippen LogP contribution is -2.53. The standard InChI is InChI=1S/C24H24FN7O4S/c1-4-6-32-12(2)8-16(29-32)27-22(34)14-9-30(10-14)21-18(25)13(3)17-19(33)15(23(35)36)11-31(20(17)28-21)24-26-5-7-37-24/h5,7-8,11,14H,4,6,9-10H2,1-3H3,(H,35,36)(H,27,29,34). The smallest absolute Gasteiger partial charge is 0.341 e. The molecule has 1 aliphatic rings. The molecule has 4 aromatic heterocycles. The van der Waals surface area contributed by atoms with Crippen molar-refractivity contribution in [2.45, 2.75) is 33.7 Å². The summed E-state index contributed by atoms with van der Waals surface area (Å²) in [6, 6.07) is 1.81. The van der Waals surface area contributed by atoms with Crippen LogP contribution in [-0.2, 0) is 11.3 Å². The first-order chi connectivity index (χ1) is 17.7. The van der Waals surface area contributed by atoms with Gasteiger partial charge < -0.3 is 15.3 Å². The molecule has 0 aromatic carbocycles. The molecule has 11 nitrogen and oxygen atoms in total. The topological polar surface area (TPSA) is 135 Å². The molecule has 37 heavy (non-hydrogen) atoms. The van der Waals surface area contributed by atoms with E-state index < -0.39 is 28.7 Å². The second-order valence-electron chi connectivity index (χ2n) is 8.92. The summed E-state index contributed by atoms with van der Waals surface area (Å²) in [7, 11) is 0. The van der Waals surface area contributed by atoms with Gasteiger partial charge >= 0.3 is 5.97 Å². The fourth-order valence-corrected chi connectivity index (χ4v) is 5.00. The average Bonchev–Trinajstić information content (AvgIpc) is 3.46. The summed E-state index contributed by atoms with van der Waals surface area (Å²) in [6.45, 7) is 6.59. The number of pyridine rings is 2. The quantitative estimate of drug-likeness (QED) is 0.376. The van der Waals surface area contributed by atoms with Crippen LogP contribution in [0.3, 0.4) is 0 Å². The predicted octanol–water partition coefficient (Wildman–Crippen LogP) is 2.98. The molecule has 0 atom stereocenters. The van der Waals surface area contributed by atoms with Crippen LogP contribution >= 0.6 is 11.3 Å². The van der Waals surface area contributed by atoms with Crippen molar-refractivity contribution in [1.82, 2.24) is 24.3 Å². The molecular weight excluding hydrogens is 501 g/mol. The van der Waals surface area contributed by atoms with Gasteiger partial charge in [0.25, 0.3) is 0 Å². The summed E-state index contributed by atoms with van der Waals surface area (Å²) in [5, 5.41) is 18.7. The zero-order chi connectivity index (χ0) is 26.4. The van der Waals surface area contributed by atoms with Gasteiger partial charge in [-0.2, -0.15) is 5.10 Å². The molecule has 0 aliphatic carbocycles. The van der Waals surface area contributed by atoms with Crippen molar-refractivity contribution in [3.05, 3.63) is 56.7 Å². The minimum absolute atomic E-state index is 0.00935. The summed E-state index contributed by atoms with van der Waals surface area (Å²) >= 11 is 1.22. The maximum absolute atomic E-state index is 15.5. The van der Waals surface area contributed by atoms with Gasteiger partial charge in [0.2, 0.25) is 11.3 Å². The largest absolute Gasteiger partial charge is 0.477 e. The van der Waals surface area contributed by atoms with E-state index in [0.717, 1.165) is 24.9 Å². The van der Waals surface area contributed by atoms with Crippen LogP contribution in [0.1, 0.15) is 35.0 Å². The van der Waals surface area contributed by atoms with Crippen molar-refractivity contribution in [3.8, 4) is 5.13 Å². The van der Waals surface area contributed by atoms with Gasteiger partial charge in [0.05, 0.1) is 11.3 Å². The molecule has 5 heterocycles. The van der Waals surface area contributed by atoms with Gasteiger partial charge in [0.15, 0.2) is 28.2 Å². The number of hydrogen-bond acceptors (Lipinski definition) is 8. The van der Waals surface area contributed by atoms with Gasteiger partial charge in [0, 0.05) is 54.7 Å². The summed E-state index contributed by atoms with van der Waals surface area (Å²) in [5.74, 6) is -2.31. The van der Waals surface area contributed by atoms with Gasteiger partial charge in [-0.05, 0) is 20.3 Å². The van der Waals surface area contributed by atoms with E-state index in [1.807, 2.05) is 18.5 Å². The summed E-state index contributed by atoms with van der Waals surface area (Å²) < 4.78 is 18.7. The number of carboxylic acids is 1. The number of halogens is 1. The molecule has 1 saturated heterocycles. The Morgan fingerprint density at radius 3 is 2.70 bits per heavy atom. The van der Waals surface area contributed by atoms with E-state index in [9.17, 15) is 19.5 Å². The van der Waals surface area contributed by atoms with E-state index in [4.69, 9.17) is 0 Å². The molecule has 0 spiro atoms. The first kappa shape index (κ1) is 24.6. The van der Waals surface area contributed by atoms with Gasteiger partial charge in [-0.1, -0.05) is 6.92 Å². The zero-order valence-corrected chi connectivity index (χ0v) is 21.2. The fourth-order valence-electron chi connectivity index (χ4n) is 4.38. The van der Waals surface area contributed by atoms with Crippen molar-refractivity contribution < 1.29 is 19.1 Å². The maximum Gasteiger partial charge on any atom is 0.341 e. The molecule has 0 radical (unpaired) electrons.